The summed E-state index contributed by atoms with van der Waals surface area (Å²) in [6, 6.07) is 7.90. The van der Waals surface area contributed by atoms with Crippen molar-refractivity contribution in [3.05, 3.63) is 35.5 Å². The Hall–Kier alpha value is -1.77. The van der Waals surface area contributed by atoms with Crippen molar-refractivity contribution in [2.24, 2.45) is 0 Å². The van der Waals surface area contributed by atoms with E-state index in [-0.39, 0.29) is 0 Å². The molecule has 2 aromatic rings. The van der Waals surface area contributed by atoms with Crippen LogP contribution in [-0.2, 0) is 13.0 Å². The number of nitrogens with zero attached hydrogens (tertiary/aromatic N) is 1. The lowest BCUT2D eigenvalue weighted by Gasteiger charge is -2.05. The van der Waals surface area contributed by atoms with E-state index < -0.39 is 5.97 Å². The smallest absolute Gasteiger partial charge is 0.352 e. The van der Waals surface area contributed by atoms with Crippen LogP contribution in [0.1, 0.15) is 28.9 Å². The third-order valence-electron chi connectivity index (χ3n) is 3.30. The number of carbonyl (C=O) groups is 1. The van der Waals surface area contributed by atoms with Crippen molar-refractivity contribution in [2.45, 2.75) is 25.8 Å². The van der Waals surface area contributed by atoms with E-state index in [4.69, 9.17) is 0 Å². The number of rotatable bonds is 1. The monoisotopic (exact) mass is 215 g/mol. The van der Waals surface area contributed by atoms with Crippen molar-refractivity contribution in [2.75, 3.05) is 0 Å². The molecule has 0 aliphatic carbocycles. The third-order valence-corrected chi connectivity index (χ3v) is 3.30. The molecule has 3 rings (SSSR count). The standard InChI is InChI=1S/C13H13NO2/c15-13(16)11-8-10-6-3-5-9-4-1-2-7-14(11)12(9)10/h3,5-6,8H,1-2,4,7H2,(H,15,16). The second-order valence-corrected chi connectivity index (χ2v) is 4.30. The molecule has 0 unspecified atom stereocenters. The van der Waals surface area contributed by atoms with Gasteiger partial charge in [0.15, 0.2) is 0 Å². The number of carboxylic acid groups (broad SMARTS) is 1. The van der Waals surface area contributed by atoms with Crippen LogP contribution in [0.2, 0.25) is 0 Å². The molecule has 0 saturated carbocycles. The Kier molecular flexibility index (Phi) is 1.99. The SMILES string of the molecule is O=C(O)c1cc2cccc3c2n1CCCC3. The Labute approximate surface area is 93.3 Å². The van der Waals surface area contributed by atoms with Crippen LogP contribution in [0.25, 0.3) is 10.9 Å². The molecule has 0 fully saturated rings. The lowest BCUT2D eigenvalue weighted by Crippen LogP contribution is -2.07. The Morgan fingerprint density at radius 3 is 3.00 bits per heavy atom. The quantitative estimate of drug-likeness (QED) is 0.794. The van der Waals surface area contributed by atoms with Gasteiger partial charge in [-0.05, 0) is 30.9 Å². The fraction of sp³-hybridized carbons (Fsp3) is 0.308. The third kappa shape index (κ3) is 1.24. The zero-order chi connectivity index (χ0) is 11.1. The number of benzene rings is 1. The Morgan fingerprint density at radius 1 is 1.31 bits per heavy atom. The van der Waals surface area contributed by atoms with Gasteiger partial charge in [-0.15, -0.1) is 0 Å². The van der Waals surface area contributed by atoms with Gasteiger partial charge in [-0.1, -0.05) is 18.2 Å². The van der Waals surface area contributed by atoms with Crippen LogP contribution in [0, 0.1) is 0 Å². The first kappa shape index (κ1) is 9.46. The Bertz CT molecular complexity index is 569. The summed E-state index contributed by atoms with van der Waals surface area (Å²) < 4.78 is 1.96. The maximum Gasteiger partial charge on any atom is 0.352 e. The van der Waals surface area contributed by atoms with Gasteiger partial charge in [0.1, 0.15) is 5.69 Å². The van der Waals surface area contributed by atoms with Crippen LogP contribution in [0.3, 0.4) is 0 Å². The molecular weight excluding hydrogens is 202 g/mol. The van der Waals surface area contributed by atoms with Crippen molar-refractivity contribution in [3.8, 4) is 0 Å². The first-order valence-corrected chi connectivity index (χ1v) is 5.62. The fourth-order valence-electron chi connectivity index (χ4n) is 2.60. The predicted octanol–water partition coefficient (Wildman–Crippen LogP) is 2.68. The second-order valence-electron chi connectivity index (χ2n) is 4.30. The highest BCUT2D eigenvalue weighted by Gasteiger charge is 2.18. The average Bonchev–Trinajstić information content (AvgIpc) is 2.50. The molecule has 1 aliphatic heterocycles. The molecule has 0 atom stereocenters. The van der Waals surface area contributed by atoms with Gasteiger partial charge in [0.05, 0.1) is 5.52 Å². The van der Waals surface area contributed by atoms with Gasteiger partial charge in [-0.3, -0.25) is 0 Å². The lowest BCUT2D eigenvalue weighted by molar-refractivity contribution is 0.0685. The van der Waals surface area contributed by atoms with Crippen LogP contribution in [0.4, 0.5) is 0 Å². The summed E-state index contributed by atoms with van der Waals surface area (Å²) in [6.07, 6.45) is 3.25. The van der Waals surface area contributed by atoms with Crippen LogP contribution < -0.4 is 0 Å². The number of aryl methyl sites for hydroxylation is 2. The minimum absolute atomic E-state index is 0.421. The highest BCUT2D eigenvalue weighted by atomic mass is 16.4. The molecule has 0 radical (unpaired) electrons. The molecule has 0 saturated heterocycles. The number of aromatic carboxylic acids is 1. The van der Waals surface area contributed by atoms with Crippen molar-refractivity contribution >= 4 is 16.9 Å². The van der Waals surface area contributed by atoms with E-state index in [9.17, 15) is 9.90 Å². The summed E-state index contributed by atoms with van der Waals surface area (Å²) >= 11 is 0. The Balaban J connectivity index is 2.39. The molecule has 2 heterocycles. The van der Waals surface area contributed by atoms with E-state index >= 15 is 0 Å². The second kappa shape index (κ2) is 3.37. The zero-order valence-corrected chi connectivity index (χ0v) is 8.94. The van der Waals surface area contributed by atoms with Crippen molar-refractivity contribution in [1.29, 1.82) is 0 Å². The van der Waals surface area contributed by atoms with Gasteiger partial charge in [0, 0.05) is 11.9 Å². The van der Waals surface area contributed by atoms with Crippen molar-refractivity contribution in [3.63, 3.8) is 0 Å². The van der Waals surface area contributed by atoms with Crippen LogP contribution in [-0.4, -0.2) is 15.6 Å². The summed E-state index contributed by atoms with van der Waals surface area (Å²) in [5.41, 5.74) is 2.82. The molecule has 3 nitrogen and oxygen atoms in total. The highest BCUT2D eigenvalue weighted by molar-refractivity contribution is 5.95. The van der Waals surface area contributed by atoms with Gasteiger partial charge in [0.2, 0.25) is 0 Å². The summed E-state index contributed by atoms with van der Waals surface area (Å²) in [6.45, 7) is 0.822. The van der Waals surface area contributed by atoms with E-state index in [1.807, 2.05) is 16.7 Å². The Morgan fingerprint density at radius 2 is 2.19 bits per heavy atom. The topological polar surface area (TPSA) is 42.2 Å². The molecule has 1 aromatic heterocycles. The number of aromatic nitrogens is 1. The van der Waals surface area contributed by atoms with Crippen molar-refractivity contribution < 1.29 is 9.90 Å². The van der Waals surface area contributed by atoms with E-state index in [1.54, 1.807) is 6.07 Å². The van der Waals surface area contributed by atoms with Crippen LogP contribution in [0.15, 0.2) is 24.3 Å². The molecule has 1 N–H and O–H groups in total. The first-order chi connectivity index (χ1) is 7.77. The van der Waals surface area contributed by atoms with E-state index in [2.05, 4.69) is 6.07 Å². The largest absolute Gasteiger partial charge is 0.477 e. The van der Waals surface area contributed by atoms with E-state index in [0.717, 1.165) is 36.7 Å². The maximum atomic E-state index is 11.2. The summed E-state index contributed by atoms with van der Waals surface area (Å²) in [5, 5.41) is 10.2. The molecular formula is C13H13NO2. The molecule has 16 heavy (non-hydrogen) atoms. The van der Waals surface area contributed by atoms with Gasteiger partial charge in [-0.25, -0.2) is 4.79 Å². The lowest BCUT2D eigenvalue weighted by atomic mass is 10.1. The highest BCUT2D eigenvalue weighted by Crippen LogP contribution is 2.27. The molecule has 0 amide bonds. The average molecular weight is 215 g/mol. The summed E-state index contributed by atoms with van der Waals surface area (Å²) in [7, 11) is 0. The number of hydrogen-bond donors (Lipinski definition) is 1. The fourth-order valence-corrected chi connectivity index (χ4v) is 2.60. The zero-order valence-electron chi connectivity index (χ0n) is 8.94. The normalized spacial score (nSPS) is 15.0. The number of carboxylic acids is 1. The minimum Gasteiger partial charge on any atom is -0.477 e. The van der Waals surface area contributed by atoms with Gasteiger partial charge >= 0.3 is 5.97 Å². The molecule has 3 heteroatoms. The maximum absolute atomic E-state index is 11.2. The van der Waals surface area contributed by atoms with Gasteiger partial charge in [-0.2, -0.15) is 0 Å². The van der Waals surface area contributed by atoms with Crippen molar-refractivity contribution in [1.82, 2.24) is 4.57 Å². The molecule has 1 aliphatic rings. The number of hydrogen-bond acceptors (Lipinski definition) is 1. The van der Waals surface area contributed by atoms with Gasteiger partial charge < -0.3 is 9.67 Å². The number of para-hydroxylation sites is 1. The molecule has 0 bridgehead atoms. The predicted molar refractivity (Wildman–Crippen MR) is 61.8 cm³/mol. The van der Waals surface area contributed by atoms with Gasteiger partial charge in [0.25, 0.3) is 0 Å². The van der Waals surface area contributed by atoms with E-state index in [0.29, 0.717) is 5.69 Å². The first-order valence-electron chi connectivity index (χ1n) is 5.62. The summed E-state index contributed by atoms with van der Waals surface area (Å²) in [5.74, 6) is -0.830. The molecule has 1 aromatic carbocycles. The van der Waals surface area contributed by atoms with Crippen LogP contribution in [0.5, 0.6) is 0 Å². The van der Waals surface area contributed by atoms with Crippen LogP contribution >= 0.6 is 0 Å². The summed E-state index contributed by atoms with van der Waals surface area (Å²) in [4.78, 5) is 11.2. The minimum atomic E-state index is -0.830. The van der Waals surface area contributed by atoms with E-state index in [1.165, 1.54) is 5.56 Å². The molecule has 0 spiro atoms. The molecule has 82 valence electrons.